The zero-order chi connectivity index (χ0) is 18.6. The molecular weight excluding hydrogens is 276 g/mol. The van der Waals surface area contributed by atoms with Crippen LogP contribution < -0.4 is 0 Å². The van der Waals surface area contributed by atoms with E-state index in [9.17, 15) is 0 Å². The molecule has 23 heavy (non-hydrogen) atoms. The third-order valence-corrected chi connectivity index (χ3v) is 3.76. The molecule has 0 fully saturated rings. The molecule has 0 rings (SSSR count). The smallest absolute Gasteiger partial charge is 0.0264 e. The van der Waals surface area contributed by atoms with Gasteiger partial charge in [-0.2, -0.15) is 0 Å². The van der Waals surface area contributed by atoms with Crippen LogP contribution in [0.15, 0.2) is 48.6 Å². The van der Waals surface area contributed by atoms with E-state index in [2.05, 4.69) is 55.5 Å². The summed E-state index contributed by atoms with van der Waals surface area (Å²) in [4.78, 5) is 0. The third-order valence-electron chi connectivity index (χ3n) is 3.76. The van der Waals surface area contributed by atoms with Crippen LogP contribution in [0.4, 0.5) is 0 Å². The first kappa shape index (κ1) is 18.3. The standard InChI is InChI=1S/C23H40/c1-3-5-7-9-11-13-15-17-19-21-23-22-20-18-16-14-12-10-8-6-4-2/h11,13,16-19,22-23H,3-10,12,14-15,20-21H2,1-2H3/b13-11-,18-16-,19-17-,23-22-/i4D2. The van der Waals surface area contributed by atoms with Gasteiger partial charge in [-0.05, 0) is 44.9 Å². The quantitative estimate of drug-likeness (QED) is 0.198. The van der Waals surface area contributed by atoms with Crippen molar-refractivity contribution >= 4 is 0 Å². The largest absolute Gasteiger partial charge is 0.0882 e. The SMILES string of the molecule is [2H]C([2H])(C)CCCCC/C=C\C/C=C\C/C=C\C/C=C\CCCCC. The third kappa shape index (κ3) is 21.0. The zero-order valence-electron chi connectivity index (χ0n) is 17.6. The molecule has 0 bridgehead atoms. The predicted molar refractivity (Wildman–Crippen MR) is 108 cm³/mol. The molecule has 0 aromatic rings. The maximum absolute atomic E-state index is 7.47. The Morgan fingerprint density at radius 3 is 1.43 bits per heavy atom. The summed E-state index contributed by atoms with van der Waals surface area (Å²) in [6.07, 6.45) is 30.4. The zero-order valence-corrected chi connectivity index (χ0v) is 15.6. The summed E-state index contributed by atoms with van der Waals surface area (Å²) in [5, 5.41) is 0. The number of hydrogen-bond donors (Lipinski definition) is 0. The molecule has 0 aliphatic heterocycles. The summed E-state index contributed by atoms with van der Waals surface area (Å²) in [7, 11) is 0. The second-order valence-electron chi connectivity index (χ2n) is 6.04. The number of rotatable bonds is 16. The Morgan fingerprint density at radius 1 is 0.522 bits per heavy atom. The monoisotopic (exact) mass is 318 g/mol. The maximum Gasteiger partial charge on any atom is 0.0264 e. The Kier molecular flexibility index (Phi) is 16.7. The van der Waals surface area contributed by atoms with Gasteiger partial charge in [-0.1, -0.05) is 101 Å². The molecule has 0 heteroatoms. The molecular formula is C23H40. The fourth-order valence-electron chi connectivity index (χ4n) is 2.30. The van der Waals surface area contributed by atoms with Gasteiger partial charge in [-0.15, -0.1) is 0 Å². The lowest BCUT2D eigenvalue weighted by Crippen LogP contribution is -1.75. The van der Waals surface area contributed by atoms with Gasteiger partial charge in [0.15, 0.2) is 0 Å². The topological polar surface area (TPSA) is 0 Å². The Hall–Kier alpha value is -1.04. The van der Waals surface area contributed by atoms with Crippen molar-refractivity contribution in [2.24, 2.45) is 0 Å². The normalized spacial score (nSPS) is 14.5. The Labute approximate surface area is 149 Å². The lowest BCUT2D eigenvalue weighted by molar-refractivity contribution is 0.637. The number of unbranched alkanes of at least 4 members (excludes halogenated alkanes) is 6. The molecule has 0 saturated heterocycles. The fourth-order valence-corrected chi connectivity index (χ4v) is 2.30. The van der Waals surface area contributed by atoms with Gasteiger partial charge in [-0.25, -0.2) is 0 Å². The second kappa shape index (κ2) is 21.0. The van der Waals surface area contributed by atoms with Crippen LogP contribution in [0.2, 0.25) is 0 Å². The molecule has 0 amide bonds. The van der Waals surface area contributed by atoms with Crippen molar-refractivity contribution in [1.82, 2.24) is 0 Å². The molecule has 0 unspecified atom stereocenters. The summed E-state index contributed by atoms with van der Waals surface area (Å²) >= 11 is 0. The predicted octanol–water partition coefficient (Wildman–Crippen LogP) is 8.32. The van der Waals surface area contributed by atoms with Gasteiger partial charge < -0.3 is 0 Å². The van der Waals surface area contributed by atoms with E-state index in [1.807, 2.05) is 0 Å². The maximum atomic E-state index is 7.47. The molecule has 0 spiro atoms. The van der Waals surface area contributed by atoms with Crippen molar-refractivity contribution < 1.29 is 2.74 Å². The summed E-state index contributed by atoms with van der Waals surface area (Å²) in [6.45, 7) is 3.91. The van der Waals surface area contributed by atoms with Gasteiger partial charge in [0.2, 0.25) is 0 Å². The van der Waals surface area contributed by atoms with Crippen molar-refractivity contribution in [2.75, 3.05) is 0 Å². The van der Waals surface area contributed by atoms with Crippen molar-refractivity contribution in [1.29, 1.82) is 0 Å². The van der Waals surface area contributed by atoms with E-state index in [-0.39, 0.29) is 0 Å². The van der Waals surface area contributed by atoms with Gasteiger partial charge in [0.05, 0.1) is 0 Å². The molecule has 0 atom stereocenters. The minimum atomic E-state index is -1.000. The van der Waals surface area contributed by atoms with E-state index in [0.29, 0.717) is 6.42 Å². The lowest BCUT2D eigenvalue weighted by Gasteiger charge is -1.95. The van der Waals surface area contributed by atoms with Crippen molar-refractivity contribution in [3.05, 3.63) is 48.6 Å². The van der Waals surface area contributed by atoms with E-state index in [1.165, 1.54) is 32.1 Å². The van der Waals surface area contributed by atoms with Gasteiger partial charge in [0.1, 0.15) is 0 Å². The number of hydrogen-bond acceptors (Lipinski definition) is 0. The summed E-state index contributed by atoms with van der Waals surface area (Å²) < 4.78 is 14.9. The van der Waals surface area contributed by atoms with Crippen LogP contribution >= 0.6 is 0 Å². The first-order chi connectivity index (χ1) is 12.1. The molecule has 0 aromatic carbocycles. The van der Waals surface area contributed by atoms with Crippen molar-refractivity contribution in [3.63, 3.8) is 0 Å². The van der Waals surface area contributed by atoms with Crippen molar-refractivity contribution in [3.8, 4) is 0 Å². The number of allylic oxidation sites excluding steroid dienone is 8. The molecule has 0 radical (unpaired) electrons. The van der Waals surface area contributed by atoms with Crippen LogP contribution in [0.3, 0.4) is 0 Å². The molecule has 0 aliphatic rings. The Balaban J connectivity index is 3.40. The first-order valence-electron chi connectivity index (χ1n) is 10.7. The van der Waals surface area contributed by atoms with Crippen LogP contribution in [0.5, 0.6) is 0 Å². The van der Waals surface area contributed by atoms with Gasteiger partial charge in [0, 0.05) is 2.74 Å². The fraction of sp³-hybridized carbons (Fsp3) is 0.652. The minimum absolute atomic E-state index is 0.682. The van der Waals surface area contributed by atoms with Crippen LogP contribution in [-0.4, -0.2) is 0 Å². The molecule has 0 aromatic heterocycles. The van der Waals surface area contributed by atoms with Crippen LogP contribution in [0, 0.1) is 0 Å². The van der Waals surface area contributed by atoms with E-state index in [1.54, 1.807) is 6.92 Å². The Morgan fingerprint density at radius 2 is 0.957 bits per heavy atom. The molecule has 0 heterocycles. The molecule has 0 nitrogen and oxygen atoms in total. The van der Waals surface area contributed by atoms with E-state index < -0.39 is 6.37 Å². The van der Waals surface area contributed by atoms with Crippen LogP contribution in [0.1, 0.15) is 100 Å². The van der Waals surface area contributed by atoms with Crippen molar-refractivity contribution in [2.45, 2.75) is 97.3 Å². The Bertz CT molecular complexity index is 383. The average molecular weight is 319 g/mol. The molecule has 0 aliphatic carbocycles. The molecule has 0 N–H and O–H groups in total. The summed E-state index contributed by atoms with van der Waals surface area (Å²) in [6, 6.07) is 0. The highest BCUT2D eigenvalue weighted by Gasteiger charge is 1.85. The van der Waals surface area contributed by atoms with Crippen LogP contribution in [0.25, 0.3) is 0 Å². The van der Waals surface area contributed by atoms with E-state index >= 15 is 0 Å². The highest BCUT2D eigenvalue weighted by molar-refractivity contribution is 4.99. The minimum Gasteiger partial charge on any atom is -0.0882 e. The summed E-state index contributed by atoms with van der Waals surface area (Å²) in [5.74, 6) is 0. The average Bonchev–Trinajstić information content (AvgIpc) is 2.56. The van der Waals surface area contributed by atoms with Crippen LogP contribution in [-0.2, 0) is 0 Å². The lowest BCUT2D eigenvalue weighted by atomic mass is 10.1. The van der Waals surface area contributed by atoms with Gasteiger partial charge >= 0.3 is 0 Å². The van der Waals surface area contributed by atoms with E-state index in [0.717, 1.165) is 38.5 Å². The second-order valence-corrected chi connectivity index (χ2v) is 6.04. The highest BCUT2D eigenvalue weighted by Crippen LogP contribution is 2.05. The summed E-state index contributed by atoms with van der Waals surface area (Å²) in [5.41, 5.74) is 0. The van der Waals surface area contributed by atoms with E-state index in [4.69, 9.17) is 2.74 Å². The molecule has 0 saturated carbocycles. The first-order valence-corrected chi connectivity index (χ1v) is 9.66. The highest BCUT2D eigenvalue weighted by atomic mass is 13.9. The van der Waals surface area contributed by atoms with Gasteiger partial charge in [0.25, 0.3) is 0 Å². The molecule has 132 valence electrons. The van der Waals surface area contributed by atoms with Gasteiger partial charge in [-0.3, -0.25) is 0 Å².